The summed E-state index contributed by atoms with van der Waals surface area (Å²) >= 11 is 0. The van der Waals surface area contributed by atoms with E-state index in [1.807, 2.05) is 18.2 Å². The molecule has 5 rings (SSSR count). The van der Waals surface area contributed by atoms with E-state index in [-0.39, 0.29) is 0 Å². The average molecular weight is 475 g/mol. The molecule has 0 spiro atoms. The third-order valence-electron chi connectivity index (χ3n) is 6.84. The van der Waals surface area contributed by atoms with Crippen molar-refractivity contribution in [3.05, 3.63) is 53.7 Å². The maximum Gasteiger partial charge on any atom is 0.159 e. The van der Waals surface area contributed by atoms with Crippen molar-refractivity contribution in [1.82, 2.24) is 25.1 Å². The van der Waals surface area contributed by atoms with Crippen molar-refractivity contribution in [2.45, 2.75) is 32.7 Å². The van der Waals surface area contributed by atoms with E-state index in [0.29, 0.717) is 6.04 Å². The van der Waals surface area contributed by atoms with Crippen molar-refractivity contribution >= 4 is 16.7 Å². The molecule has 4 aromatic rings. The van der Waals surface area contributed by atoms with E-state index in [1.165, 1.54) is 5.69 Å². The highest BCUT2D eigenvalue weighted by Crippen LogP contribution is 2.29. The van der Waals surface area contributed by atoms with Gasteiger partial charge >= 0.3 is 0 Å². The number of H-pyrrole nitrogens is 2. The summed E-state index contributed by atoms with van der Waals surface area (Å²) in [5, 5.41) is 7.73. The highest BCUT2D eigenvalue weighted by molar-refractivity contribution is 5.90. The molecule has 3 heterocycles. The fourth-order valence-corrected chi connectivity index (χ4v) is 4.77. The van der Waals surface area contributed by atoms with Gasteiger partial charge in [-0.25, -0.2) is 4.98 Å². The summed E-state index contributed by atoms with van der Waals surface area (Å²) in [5.74, 6) is 2.39. The first-order chi connectivity index (χ1) is 17.0. The van der Waals surface area contributed by atoms with Crippen molar-refractivity contribution in [3.8, 4) is 23.0 Å². The summed E-state index contributed by atoms with van der Waals surface area (Å²) in [6.45, 7) is 8.72. The number of benzene rings is 2. The van der Waals surface area contributed by atoms with Crippen molar-refractivity contribution in [3.63, 3.8) is 0 Å². The van der Waals surface area contributed by atoms with Gasteiger partial charge in [-0.05, 0) is 62.6 Å². The van der Waals surface area contributed by atoms with Crippen LogP contribution in [0.1, 0.15) is 25.1 Å². The van der Waals surface area contributed by atoms with Crippen LogP contribution in [0.2, 0.25) is 0 Å². The van der Waals surface area contributed by atoms with Crippen molar-refractivity contribution in [2.75, 3.05) is 45.3 Å². The van der Waals surface area contributed by atoms with Gasteiger partial charge in [0.2, 0.25) is 0 Å². The van der Waals surface area contributed by atoms with Crippen LogP contribution in [0.15, 0.2) is 42.5 Å². The Morgan fingerprint density at radius 2 is 1.69 bits per heavy atom. The lowest BCUT2D eigenvalue weighted by atomic mass is 10.1. The van der Waals surface area contributed by atoms with Crippen molar-refractivity contribution < 1.29 is 9.47 Å². The first-order valence-corrected chi connectivity index (χ1v) is 12.3. The minimum Gasteiger partial charge on any atom is -0.497 e. The second-order valence-electron chi connectivity index (χ2n) is 9.37. The topological polar surface area (TPSA) is 82.3 Å². The van der Waals surface area contributed by atoms with Crippen LogP contribution in [0.25, 0.3) is 22.6 Å². The van der Waals surface area contributed by atoms with Gasteiger partial charge in [0.15, 0.2) is 5.82 Å². The number of fused-ring (bicyclic) bond motifs is 1. The summed E-state index contributed by atoms with van der Waals surface area (Å²) in [5.41, 5.74) is 6.28. The average Bonchev–Trinajstić information content (AvgIpc) is 3.54. The molecule has 8 heteroatoms. The summed E-state index contributed by atoms with van der Waals surface area (Å²) in [6, 6.07) is 15.0. The molecule has 0 saturated carbocycles. The van der Waals surface area contributed by atoms with Crippen LogP contribution in [0.5, 0.6) is 11.5 Å². The van der Waals surface area contributed by atoms with E-state index in [9.17, 15) is 0 Å². The smallest absolute Gasteiger partial charge is 0.159 e. The second-order valence-corrected chi connectivity index (χ2v) is 9.37. The Bertz CT molecular complexity index is 1260. The first kappa shape index (κ1) is 23.2. The molecule has 2 aromatic heterocycles. The molecule has 0 atom stereocenters. The monoisotopic (exact) mass is 474 g/mol. The zero-order valence-corrected chi connectivity index (χ0v) is 21.0. The minimum absolute atomic E-state index is 0.588. The Labute approximate surface area is 206 Å². The Kier molecular flexibility index (Phi) is 6.63. The van der Waals surface area contributed by atoms with Gasteiger partial charge in [0.25, 0.3) is 0 Å². The highest BCUT2D eigenvalue weighted by Gasteiger charge is 2.21. The van der Waals surface area contributed by atoms with E-state index in [1.54, 1.807) is 14.2 Å². The number of anilines is 1. The number of nitrogens with one attached hydrogen (secondary N) is 2. The summed E-state index contributed by atoms with van der Waals surface area (Å²) in [4.78, 5) is 13.4. The molecule has 1 aliphatic heterocycles. The number of para-hydroxylation sites is 1. The number of ether oxygens (including phenoxy) is 2. The molecule has 0 unspecified atom stereocenters. The third-order valence-corrected chi connectivity index (χ3v) is 6.84. The van der Waals surface area contributed by atoms with Gasteiger partial charge in [-0.15, -0.1) is 0 Å². The van der Waals surface area contributed by atoms with Crippen LogP contribution in [-0.2, 0) is 12.8 Å². The number of aryl methyl sites for hydroxylation is 2. The molecule has 0 bridgehead atoms. The number of rotatable bonds is 8. The molecule has 1 aliphatic rings. The Morgan fingerprint density at radius 1 is 0.943 bits per heavy atom. The quantitative estimate of drug-likeness (QED) is 0.397. The first-order valence-electron chi connectivity index (χ1n) is 12.3. The van der Waals surface area contributed by atoms with Crippen LogP contribution in [0.3, 0.4) is 0 Å². The number of hydrogen-bond acceptors (Lipinski definition) is 6. The molecular formula is C27H34N6O2. The van der Waals surface area contributed by atoms with Gasteiger partial charge in [0.1, 0.15) is 22.7 Å². The molecule has 0 amide bonds. The predicted molar refractivity (Wildman–Crippen MR) is 140 cm³/mol. The molecule has 0 aliphatic carbocycles. The van der Waals surface area contributed by atoms with E-state index < -0.39 is 0 Å². The SMILES string of the molecule is COc1cc(CCc2cc(-c3nc4c(N5CCN(C(C)C)CC5)cccc4[nH]3)n[nH]2)cc(OC)c1. The van der Waals surface area contributed by atoms with Gasteiger partial charge in [-0.3, -0.25) is 10.00 Å². The molecular weight excluding hydrogens is 440 g/mol. The van der Waals surface area contributed by atoms with Crippen LogP contribution in [0, 0.1) is 0 Å². The van der Waals surface area contributed by atoms with E-state index in [0.717, 1.165) is 84.3 Å². The van der Waals surface area contributed by atoms with Crippen LogP contribution < -0.4 is 14.4 Å². The zero-order chi connectivity index (χ0) is 24.4. The van der Waals surface area contributed by atoms with Crippen molar-refractivity contribution in [1.29, 1.82) is 0 Å². The van der Waals surface area contributed by atoms with E-state index >= 15 is 0 Å². The molecule has 1 saturated heterocycles. The van der Waals surface area contributed by atoms with Gasteiger partial charge in [0, 0.05) is 44.0 Å². The van der Waals surface area contributed by atoms with Crippen molar-refractivity contribution in [2.24, 2.45) is 0 Å². The number of aromatic amines is 2. The third kappa shape index (κ3) is 4.98. The highest BCUT2D eigenvalue weighted by atomic mass is 16.5. The summed E-state index contributed by atoms with van der Waals surface area (Å²) in [6.07, 6.45) is 1.68. The Morgan fingerprint density at radius 3 is 2.37 bits per heavy atom. The summed E-state index contributed by atoms with van der Waals surface area (Å²) < 4.78 is 10.8. The van der Waals surface area contributed by atoms with E-state index in [4.69, 9.17) is 14.5 Å². The molecule has 1 fully saturated rings. The van der Waals surface area contributed by atoms with Crippen LogP contribution in [0.4, 0.5) is 5.69 Å². The fraction of sp³-hybridized carbons (Fsp3) is 0.407. The number of imidazole rings is 1. The van der Waals surface area contributed by atoms with Crippen LogP contribution >= 0.6 is 0 Å². The standard InChI is InChI=1S/C27H34N6O2/c1-18(2)32-10-12-33(13-11-32)25-7-5-6-23-26(25)29-27(28-23)24-16-20(30-31-24)9-8-19-14-21(34-3)17-22(15-19)35-4/h5-7,14-18H,8-13H2,1-4H3,(H,28,29)(H,30,31). The van der Waals surface area contributed by atoms with Crippen LogP contribution in [-0.4, -0.2) is 71.5 Å². The molecule has 0 radical (unpaired) electrons. The van der Waals surface area contributed by atoms with Gasteiger partial charge < -0.3 is 19.4 Å². The fourth-order valence-electron chi connectivity index (χ4n) is 4.77. The van der Waals surface area contributed by atoms with E-state index in [2.05, 4.69) is 63.1 Å². The maximum absolute atomic E-state index is 5.39. The lowest BCUT2D eigenvalue weighted by Crippen LogP contribution is -2.48. The molecule has 35 heavy (non-hydrogen) atoms. The number of methoxy groups -OCH3 is 2. The lowest BCUT2D eigenvalue weighted by Gasteiger charge is -2.38. The number of nitrogens with zero attached hydrogens (tertiary/aromatic N) is 4. The Balaban J connectivity index is 1.31. The molecule has 2 N–H and O–H groups in total. The Hall–Kier alpha value is -3.52. The largest absolute Gasteiger partial charge is 0.497 e. The lowest BCUT2D eigenvalue weighted by molar-refractivity contribution is 0.209. The molecule has 184 valence electrons. The molecule has 8 nitrogen and oxygen atoms in total. The van der Waals surface area contributed by atoms with Gasteiger partial charge in [-0.1, -0.05) is 6.07 Å². The second kappa shape index (κ2) is 10.00. The van der Waals surface area contributed by atoms with Gasteiger partial charge in [0.05, 0.1) is 25.4 Å². The summed E-state index contributed by atoms with van der Waals surface area (Å²) in [7, 11) is 3.34. The number of hydrogen-bond donors (Lipinski definition) is 2. The normalized spacial score (nSPS) is 14.7. The number of piperazine rings is 1. The maximum atomic E-state index is 5.39. The van der Waals surface area contributed by atoms with Gasteiger partial charge in [-0.2, -0.15) is 5.10 Å². The minimum atomic E-state index is 0.588. The zero-order valence-electron chi connectivity index (χ0n) is 21.0. The number of aromatic nitrogens is 4. The molecule has 2 aromatic carbocycles. The predicted octanol–water partition coefficient (Wildman–Crippen LogP) is 4.29.